The first kappa shape index (κ1) is 28.1. The molecular formula is C30H43N7O4. The van der Waals surface area contributed by atoms with Gasteiger partial charge in [0.1, 0.15) is 17.0 Å². The van der Waals surface area contributed by atoms with Crippen molar-refractivity contribution in [1.82, 2.24) is 29.8 Å². The third-order valence-electron chi connectivity index (χ3n) is 9.19. The lowest BCUT2D eigenvalue weighted by Gasteiger charge is -2.32. The average Bonchev–Trinajstić information content (AvgIpc) is 3.69. The maximum absolute atomic E-state index is 13.1. The van der Waals surface area contributed by atoms with Gasteiger partial charge in [-0.05, 0) is 70.9 Å². The van der Waals surface area contributed by atoms with Crippen LogP contribution in [0.5, 0.6) is 5.88 Å². The number of unbranched alkanes of at least 4 members (excludes halogenated alkanes) is 1. The van der Waals surface area contributed by atoms with Crippen molar-refractivity contribution in [2.24, 2.45) is 5.92 Å². The van der Waals surface area contributed by atoms with Crippen molar-refractivity contribution < 1.29 is 19.2 Å². The van der Waals surface area contributed by atoms with Crippen molar-refractivity contribution in [2.45, 2.75) is 96.6 Å². The van der Waals surface area contributed by atoms with E-state index in [1.807, 2.05) is 4.68 Å². The topological polar surface area (TPSA) is 123 Å². The molecule has 0 saturated carbocycles. The molecule has 0 bridgehead atoms. The van der Waals surface area contributed by atoms with E-state index >= 15 is 0 Å². The molecule has 2 saturated heterocycles. The summed E-state index contributed by atoms with van der Waals surface area (Å²) in [5, 5.41) is 19.8. The number of fused-ring (bicyclic) bond motifs is 2. The molecule has 3 unspecified atom stereocenters. The Morgan fingerprint density at radius 3 is 2.76 bits per heavy atom. The van der Waals surface area contributed by atoms with Gasteiger partial charge in [0.15, 0.2) is 29.7 Å². The first-order valence-corrected chi connectivity index (χ1v) is 15.5. The smallest absolute Gasteiger partial charge is 0.248 e. The first-order valence-electron chi connectivity index (χ1n) is 15.5. The number of likely N-dealkylation sites (tertiary alicyclic amines) is 1. The predicted molar refractivity (Wildman–Crippen MR) is 155 cm³/mol. The van der Waals surface area contributed by atoms with E-state index < -0.39 is 6.79 Å². The van der Waals surface area contributed by atoms with E-state index in [4.69, 9.17) is 24.3 Å². The Labute approximate surface area is 241 Å². The predicted octanol–water partition coefficient (Wildman–Crippen LogP) is 4.32. The summed E-state index contributed by atoms with van der Waals surface area (Å²) < 4.78 is 13.5. The highest BCUT2D eigenvalue weighted by Gasteiger charge is 2.35. The molecule has 0 aromatic carbocycles. The number of aliphatic hydroxyl groups is 1. The number of ketones is 1. The lowest BCUT2D eigenvalue weighted by molar-refractivity contribution is -0.121. The third kappa shape index (κ3) is 5.46. The van der Waals surface area contributed by atoms with Gasteiger partial charge in [0, 0.05) is 31.1 Å². The van der Waals surface area contributed by atoms with Gasteiger partial charge in [0.2, 0.25) is 5.88 Å². The number of Topliss-reactive ketones (excluding diaryl/α,β-unsaturated/α-hetero) is 1. The van der Waals surface area contributed by atoms with Crippen molar-refractivity contribution in [3.05, 3.63) is 11.3 Å². The normalized spacial score (nSPS) is 23.3. The van der Waals surface area contributed by atoms with Crippen LogP contribution in [0.15, 0.2) is 4.52 Å². The molecule has 1 N–H and O–H groups in total. The van der Waals surface area contributed by atoms with Crippen LogP contribution in [0.3, 0.4) is 0 Å². The molecule has 5 heterocycles. The van der Waals surface area contributed by atoms with Crippen LogP contribution in [0.2, 0.25) is 0 Å². The Morgan fingerprint density at radius 2 is 2.00 bits per heavy atom. The highest BCUT2D eigenvalue weighted by atomic mass is 16.6. The molecule has 3 aromatic heterocycles. The summed E-state index contributed by atoms with van der Waals surface area (Å²) in [6.45, 7) is 7.36. The monoisotopic (exact) mass is 565 g/mol. The molecule has 11 nitrogen and oxygen atoms in total. The van der Waals surface area contributed by atoms with Gasteiger partial charge < -0.3 is 24.2 Å². The maximum atomic E-state index is 13.1. The van der Waals surface area contributed by atoms with Gasteiger partial charge in [-0.3, -0.25) is 4.79 Å². The number of hydrogen-bond donors (Lipinski definition) is 1. The van der Waals surface area contributed by atoms with Gasteiger partial charge in [0.25, 0.3) is 0 Å². The molecule has 2 aliphatic heterocycles. The fraction of sp³-hybridized carbons (Fsp3) is 0.700. The molecular weight excluding hydrogens is 522 g/mol. The molecule has 11 heteroatoms. The lowest BCUT2D eigenvalue weighted by Crippen LogP contribution is -2.35. The Hall–Kier alpha value is -3.05. The van der Waals surface area contributed by atoms with Gasteiger partial charge in [-0.2, -0.15) is 0 Å². The van der Waals surface area contributed by atoms with Crippen LogP contribution in [0.25, 0.3) is 22.6 Å². The summed E-state index contributed by atoms with van der Waals surface area (Å²) in [5.74, 6) is 2.81. The minimum absolute atomic E-state index is 0.236. The Kier molecular flexibility index (Phi) is 8.26. The van der Waals surface area contributed by atoms with E-state index in [0.717, 1.165) is 87.8 Å². The van der Waals surface area contributed by atoms with Crippen LogP contribution in [-0.2, 0) is 17.8 Å². The molecule has 41 heavy (non-hydrogen) atoms. The zero-order chi connectivity index (χ0) is 28.5. The highest BCUT2D eigenvalue weighted by molar-refractivity contribution is 5.94. The van der Waals surface area contributed by atoms with Gasteiger partial charge in [-0.1, -0.05) is 25.4 Å². The molecule has 3 aromatic rings. The van der Waals surface area contributed by atoms with Crippen LogP contribution < -0.4 is 9.64 Å². The molecule has 0 amide bonds. The number of rotatable bonds is 10. The molecule has 1 aliphatic carbocycles. The van der Waals surface area contributed by atoms with E-state index in [-0.39, 0.29) is 11.7 Å². The SMILES string of the molecule is CCCCC(=O)C1CCCc2c(-c3nc(N4CCCC(C)C4)c4c(OCO)nn(CC5CCCN5C)c4n3)noc21. The van der Waals surface area contributed by atoms with Crippen LogP contribution >= 0.6 is 0 Å². The number of anilines is 1. The molecule has 6 rings (SSSR count). The zero-order valence-corrected chi connectivity index (χ0v) is 24.6. The Bertz CT molecular complexity index is 1380. The summed E-state index contributed by atoms with van der Waals surface area (Å²) in [7, 11) is 2.15. The zero-order valence-electron chi connectivity index (χ0n) is 24.6. The van der Waals surface area contributed by atoms with E-state index in [1.54, 1.807) is 0 Å². The molecule has 2 fully saturated rings. The van der Waals surface area contributed by atoms with E-state index in [1.165, 1.54) is 6.42 Å². The van der Waals surface area contributed by atoms with Crippen molar-refractivity contribution in [1.29, 1.82) is 0 Å². The van der Waals surface area contributed by atoms with Gasteiger partial charge in [-0.15, -0.1) is 5.10 Å². The van der Waals surface area contributed by atoms with Crippen LogP contribution in [0, 0.1) is 5.92 Å². The number of likely N-dealkylation sites (N-methyl/N-ethyl adjacent to an activating group) is 1. The van der Waals surface area contributed by atoms with Crippen LogP contribution in [0.4, 0.5) is 5.82 Å². The number of nitrogens with zero attached hydrogens (tertiary/aromatic N) is 7. The molecule has 0 radical (unpaired) electrons. The van der Waals surface area contributed by atoms with Crippen molar-refractivity contribution in [3.63, 3.8) is 0 Å². The van der Waals surface area contributed by atoms with Crippen LogP contribution in [0.1, 0.15) is 88.9 Å². The second-order valence-corrected chi connectivity index (χ2v) is 12.2. The molecule has 222 valence electrons. The summed E-state index contributed by atoms with van der Waals surface area (Å²) >= 11 is 0. The number of ether oxygens (including phenoxy) is 1. The van der Waals surface area contributed by atoms with Crippen LogP contribution in [-0.4, -0.2) is 80.2 Å². The van der Waals surface area contributed by atoms with Crippen molar-refractivity contribution in [3.8, 4) is 17.4 Å². The number of carbonyl (C=O) groups is 1. The summed E-state index contributed by atoms with van der Waals surface area (Å²) in [5.41, 5.74) is 2.25. The van der Waals surface area contributed by atoms with E-state index in [9.17, 15) is 9.90 Å². The largest absolute Gasteiger partial charge is 0.449 e. The number of aromatic nitrogens is 5. The molecule has 3 aliphatic rings. The van der Waals surface area contributed by atoms with Gasteiger partial charge in [-0.25, -0.2) is 14.6 Å². The minimum Gasteiger partial charge on any atom is -0.449 e. The number of hydrogen-bond acceptors (Lipinski definition) is 10. The van der Waals surface area contributed by atoms with Crippen molar-refractivity contribution >= 4 is 22.6 Å². The highest BCUT2D eigenvalue weighted by Crippen LogP contribution is 2.41. The van der Waals surface area contributed by atoms with Gasteiger partial charge >= 0.3 is 0 Å². The molecule has 0 spiro atoms. The third-order valence-corrected chi connectivity index (χ3v) is 9.19. The second-order valence-electron chi connectivity index (χ2n) is 12.2. The number of carbonyl (C=O) groups excluding carboxylic acids is 1. The second kappa shape index (κ2) is 12.1. The minimum atomic E-state index is -0.475. The fourth-order valence-electron chi connectivity index (χ4n) is 6.90. The Morgan fingerprint density at radius 1 is 1.15 bits per heavy atom. The molecule has 3 atom stereocenters. The van der Waals surface area contributed by atoms with Crippen molar-refractivity contribution in [2.75, 3.05) is 38.4 Å². The quantitative estimate of drug-likeness (QED) is 0.356. The van der Waals surface area contributed by atoms with E-state index in [2.05, 4.69) is 35.9 Å². The van der Waals surface area contributed by atoms with Gasteiger partial charge in [0.05, 0.1) is 12.5 Å². The summed E-state index contributed by atoms with van der Waals surface area (Å²) in [6, 6.07) is 0.339. The lowest BCUT2D eigenvalue weighted by atomic mass is 9.83. The van der Waals surface area contributed by atoms with E-state index in [0.29, 0.717) is 53.7 Å². The standard InChI is InChI=1S/C30H43N7O4/c1-4-5-13-23(39)21-11-6-12-22-25(34-41-26(21)22)27-31-28(36-15-7-9-19(2)16-36)24-29(32-27)37(33-30(24)40-18-38)17-20-10-8-14-35(20)3/h19-21,38H,4-18H2,1-3H3. The number of piperidine rings is 1. The summed E-state index contributed by atoms with van der Waals surface area (Å²) in [6.07, 6.45) is 9.43. The number of aliphatic hydroxyl groups excluding tert-OH is 1. The maximum Gasteiger partial charge on any atom is 0.248 e. The summed E-state index contributed by atoms with van der Waals surface area (Å²) in [4.78, 5) is 27.9. The first-order chi connectivity index (χ1) is 20.0. The average molecular weight is 566 g/mol. The fourth-order valence-corrected chi connectivity index (χ4v) is 6.90. The Balaban J connectivity index is 1.48.